The molecule has 1 aromatic carbocycles. The number of likely N-dealkylation sites (tertiary alicyclic amines) is 1. The van der Waals surface area contributed by atoms with E-state index in [1.54, 1.807) is 0 Å². The van der Waals surface area contributed by atoms with Crippen LogP contribution in [0.2, 0.25) is 0 Å². The number of aliphatic hydroxyl groups excluding tert-OH is 1. The average Bonchev–Trinajstić information content (AvgIpc) is 2.48. The molecule has 1 amide bonds. The molecule has 5 nitrogen and oxygen atoms in total. The lowest BCUT2D eigenvalue weighted by Crippen LogP contribution is -2.52. The number of ether oxygens (including phenoxy) is 1. The molecule has 2 rings (SSSR count). The van der Waals surface area contributed by atoms with Gasteiger partial charge in [-0.3, -0.25) is 4.90 Å². The summed E-state index contributed by atoms with van der Waals surface area (Å²) in [6.07, 6.45) is 0.412. The summed E-state index contributed by atoms with van der Waals surface area (Å²) >= 11 is 0. The lowest BCUT2D eigenvalue weighted by atomic mass is 9.92. The van der Waals surface area contributed by atoms with Crippen LogP contribution in [-0.2, 0) is 11.3 Å². The molecule has 0 aromatic heterocycles. The van der Waals surface area contributed by atoms with Crippen molar-refractivity contribution in [3.8, 4) is 0 Å². The van der Waals surface area contributed by atoms with Gasteiger partial charge in [-0.25, -0.2) is 4.79 Å². The van der Waals surface area contributed by atoms with Gasteiger partial charge < -0.3 is 15.2 Å². The summed E-state index contributed by atoms with van der Waals surface area (Å²) in [6, 6.07) is 10.3. The number of amides is 1. The monoisotopic (exact) mass is 320 g/mol. The summed E-state index contributed by atoms with van der Waals surface area (Å²) in [7, 11) is 0. The smallest absolute Gasteiger partial charge is 0.407 e. The highest BCUT2D eigenvalue weighted by Gasteiger charge is 2.31. The fourth-order valence-electron chi connectivity index (χ4n) is 2.93. The maximum atomic E-state index is 11.9. The highest BCUT2D eigenvalue weighted by Crippen LogP contribution is 2.20. The van der Waals surface area contributed by atoms with Crippen LogP contribution < -0.4 is 5.32 Å². The van der Waals surface area contributed by atoms with Gasteiger partial charge >= 0.3 is 6.09 Å². The van der Waals surface area contributed by atoms with E-state index in [1.807, 2.05) is 39.0 Å². The molecule has 0 saturated carbocycles. The van der Waals surface area contributed by atoms with Gasteiger partial charge in [-0.2, -0.15) is 0 Å². The SMILES string of the molecule is CC(C)(C)OC(=O)NC1CCN(Cc2ccccc2)CC1CO. The number of rotatable bonds is 4. The molecule has 0 aliphatic carbocycles. The highest BCUT2D eigenvalue weighted by atomic mass is 16.6. The lowest BCUT2D eigenvalue weighted by Gasteiger charge is -2.38. The van der Waals surface area contributed by atoms with Crippen LogP contribution in [0, 0.1) is 5.92 Å². The Hall–Kier alpha value is -1.59. The van der Waals surface area contributed by atoms with E-state index in [-0.39, 0.29) is 18.6 Å². The van der Waals surface area contributed by atoms with Crippen molar-refractivity contribution in [3.63, 3.8) is 0 Å². The zero-order valence-corrected chi connectivity index (χ0v) is 14.3. The number of alkyl carbamates (subject to hydrolysis) is 1. The molecule has 1 fully saturated rings. The summed E-state index contributed by atoms with van der Waals surface area (Å²) in [5, 5.41) is 12.6. The van der Waals surface area contributed by atoms with E-state index in [9.17, 15) is 9.90 Å². The summed E-state index contributed by atoms with van der Waals surface area (Å²) in [5.41, 5.74) is 0.759. The van der Waals surface area contributed by atoms with E-state index in [4.69, 9.17) is 4.74 Å². The van der Waals surface area contributed by atoms with Crippen LogP contribution in [0.5, 0.6) is 0 Å². The quantitative estimate of drug-likeness (QED) is 0.894. The third-order valence-electron chi connectivity index (χ3n) is 4.00. The van der Waals surface area contributed by atoms with Gasteiger partial charge in [-0.15, -0.1) is 0 Å². The van der Waals surface area contributed by atoms with Gasteiger partial charge in [0.15, 0.2) is 0 Å². The zero-order chi connectivity index (χ0) is 16.9. The molecule has 1 aliphatic heterocycles. The largest absolute Gasteiger partial charge is 0.444 e. The molecule has 1 heterocycles. The minimum atomic E-state index is -0.507. The van der Waals surface area contributed by atoms with Crippen LogP contribution in [0.3, 0.4) is 0 Å². The second kappa shape index (κ2) is 7.79. The molecule has 2 atom stereocenters. The highest BCUT2D eigenvalue weighted by molar-refractivity contribution is 5.68. The molecule has 1 saturated heterocycles. The summed E-state index contributed by atoms with van der Waals surface area (Å²) in [4.78, 5) is 14.3. The van der Waals surface area contributed by atoms with E-state index in [0.29, 0.717) is 0 Å². The molecule has 128 valence electrons. The lowest BCUT2D eigenvalue weighted by molar-refractivity contribution is 0.0376. The standard InChI is InChI=1S/C18H28N2O3/c1-18(2,3)23-17(22)19-16-9-10-20(12-15(16)13-21)11-14-7-5-4-6-8-14/h4-8,15-16,21H,9-13H2,1-3H3,(H,19,22). The minimum absolute atomic E-state index is 0.0278. The molecule has 0 radical (unpaired) electrons. The van der Waals surface area contributed by atoms with Crippen molar-refractivity contribution >= 4 is 6.09 Å². The first-order chi connectivity index (χ1) is 10.9. The summed E-state index contributed by atoms with van der Waals surface area (Å²) in [5.74, 6) is 0.0278. The molecule has 2 N–H and O–H groups in total. The number of benzene rings is 1. The van der Waals surface area contributed by atoms with Crippen molar-refractivity contribution < 1.29 is 14.6 Å². The number of piperidine rings is 1. The fourth-order valence-corrected chi connectivity index (χ4v) is 2.93. The number of nitrogens with zero attached hydrogens (tertiary/aromatic N) is 1. The first-order valence-corrected chi connectivity index (χ1v) is 8.24. The fraction of sp³-hybridized carbons (Fsp3) is 0.611. The van der Waals surface area contributed by atoms with Crippen molar-refractivity contribution in [2.45, 2.75) is 45.4 Å². The second-order valence-corrected chi connectivity index (χ2v) is 7.20. The Kier molecular flexibility index (Phi) is 6.02. The molecule has 5 heteroatoms. The zero-order valence-electron chi connectivity index (χ0n) is 14.3. The normalized spacial score (nSPS) is 22.6. The van der Waals surface area contributed by atoms with Gasteiger partial charge in [-0.05, 0) is 32.8 Å². The summed E-state index contributed by atoms with van der Waals surface area (Å²) < 4.78 is 5.31. The van der Waals surface area contributed by atoms with Gasteiger partial charge in [-0.1, -0.05) is 30.3 Å². The van der Waals surface area contributed by atoms with Crippen LogP contribution >= 0.6 is 0 Å². The first kappa shape index (κ1) is 17.8. The minimum Gasteiger partial charge on any atom is -0.444 e. The third-order valence-corrected chi connectivity index (χ3v) is 4.00. The Balaban J connectivity index is 1.87. The molecule has 1 aromatic rings. The molecular weight excluding hydrogens is 292 g/mol. The Bertz CT molecular complexity index is 499. The Morgan fingerprint density at radius 1 is 1.35 bits per heavy atom. The van der Waals surface area contributed by atoms with Gasteiger partial charge in [0.1, 0.15) is 5.60 Å². The van der Waals surface area contributed by atoms with E-state index < -0.39 is 11.7 Å². The molecule has 1 aliphatic rings. The van der Waals surface area contributed by atoms with Crippen molar-refractivity contribution in [2.75, 3.05) is 19.7 Å². The number of nitrogens with one attached hydrogen (secondary N) is 1. The number of hydrogen-bond donors (Lipinski definition) is 2. The predicted molar refractivity (Wildman–Crippen MR) is 90.1 cm³/mol. The van der Waals surface area contributed by atoms with Gasteiger partial charge in [0, 0.05) is 38.2 Å². The second-order valence-electron chi connectivity index (χ2n) is 7.20. The van der Waals surface area contributed by atoms with E-state index in [1.165, 1.54) is 5.56 Å². The maximum Gasteiger partial charge on any atom is 0.407 e. The topological polar surface area (TPSA) is 61.8 Å². The van der Waals surface area contributed by atoms with Gasteiger partial charge in [0.25, 0.3) is 0 Å². The number of aliphatic hydroxyl groups is 1. The van der Waals surface area contributed by atoms with Crippen LogP contribution in [0.25, 0.3) is 0 Å². The molecule has 23 heavy (non-hydrogen) atoms. The van der Waals surface area contributed by atoms with Gasteiger partial charge in [0.2, 0.25) is 0 Å². The molecular formula is C18H28N2O3. The van der Waals surface area contributed by atoms with Crippen LogP contribution in [0.4, 0.5) is 4.79 Å². The van der Waals surface area contributed by atoms with Crippen molar-refractivity contribution in [2.24, 2.45) is 5.92 Å². The van der Waals surface area contributed by atoms with E-state index in [2.05, 4.69) is 22.3 Å². The van der Waals surface area contributed by atoms with Crippen LogP contribution in [0.15, 0.2) is 30.3 Å². The molecule has 0 spiro atoms. The van der Waals surface area contributed by atoms with Crippen molar-refractivity contribution in [1.29, 1.82) is 0 Å². The maximum absolute atomic E-state index is 11.9. The van der Waals surface area contributed by atoms with E-state index >= 15 is 0 Å². The predicted octanol–water partition coefficient (Wildman–Crippen LogP) is 2.39. The Morgan fingerprint density at radius 3 is 2.65 bits per heavy atom. The van der Waals surface area contributed by atoms with Crippen LogP contribution in [-0.4, -0.2) is 47.4 Å². The molecule has 0 bridgehead atoms. The first-order valence-electron chi connectivity index (χ1n) is 8.24. The molecule has 2 unspecified atom stereocenters. The van der Waals surface area contributed by atoms with Crippen LogP contribution in [0.1, 0.15) is 32.8 Å². The van der Waals surface area contributed by atoms with E-state index in [0.717, 1.165) is 26.1 Å². The number of carbonyl (C=O) groups excluding carboxylic acids is 1. The number of hydrogen-bond acceptors (Lipinski definition) is 4. The number of carbonyl (C=O) groups is 1. The van der Waals surface area contributed by atoms with Gasteiger partial charge in [0.05, 0.1) is 0 Å². The summed E-state index contributed by atoms with van der Waals surface area (Å²) in [6.45, 7) is 8.13. The third kappa shape index (κ3) is 5.84. The average molecular weight is 320 g/mol. The Labute approximate surface area is 138 Å². The Morgan fingerprint density at radius 2 is 2.04 bits per heavy atom. The van der Waals surface area contributed by atoms with Crippen molar-refractivity contribution in [1.82, 2.24) is 10.2 Å². The van der Waals surface area contributed by atoms with Crippen molar-refractivity contribution in [3.05, 3.63) is 35.9 Å².